The fraction of sp³-hybridized carbons (Fsp3) is 0.0667. The van der Waals surface area contributed by atoms with Crippen LogP contribution in [0.25, 0.3) is 21.5 Å². The van der Waals surface area contributed by atoms with Crippen LogP contribution in [-0.2, 0) is 39.6 Å². The van der Waals surface area contributed by atoms with Crippen molar-refractivity contribution in [3.8, 4) is 0 Å². The molecule has 0 amide bonds. The van der Waals surface area contributed by atoms with Crippen molar-refractivity contribution in [2.45, 2.75) is 23.9 Å². The van der Waals surface area contributed by atoms with Crippen molar-refractivity contribution in [2.75, 3.05) is 0 Å². The third-order valence-electron chi connectivity index (χ3n) is 11.0. The van der Waals surface area contributed by atoms with Gasteiger partial charge in [0.1, 0.15) is 10.8 Å². The topological polar surface area (TPSA) is 74.6 Å². The zero-order valence-corrected chi connectivity index (χ0v) is 39.7. The molecule has 66 heavy (non-hydrogen) atoms. The predicted octanol–water partition coefficient (Wildman–Crippen LogP) is 14.1. The first-order valence-electron chi connectivity index (χ1n) is 21.7. The molecule has 0 bridgehead atoms. The smallest absolute Gasteiger partial charge is 0.323 e. The second kappa shape index (κ2) is 24.2. The molecule has 0 saturated carbocycles. The molecule has 0 spiro atoms. The standard InChI is InChI=1S/2C20H16O2.2C9H7.C2H6Si.Ti/c2*21-19(22)20(16-10-4-1-5-11-16,17-12-6-2-7-13-17)18-14-8-3-9-15-18;2*1-2-5-9-7-3-6-8(9)4-1;1-3-2;/h2*1-15H,(H,21,22);2*1-7H;1-2H3;/q;;2*-1;;+2. The van der Waals surface area contributed by atoms with Crippen LogP contribution in [0.4, 0.5) is 0 Å². The maximum Gasteiger partial charge on any atom is 0.323 e. The van der Waals surface area contributed by atoms with Gasteiger partial charge in [0.05, 0.1) is 0 Å². The van der Waals surface area contributed by atoms with Crippen LogP contribution in [0.1, 0.15) is 33.4 Å². The molecule has 0 heterocycles. The summed E-state index contributed by atoms with van der Waals surface area (Å²) < 4.78 is 0. The van der Waals surface area contributed by atoms with Gasteiger partial charge in [0, 0.05) is 0 Å². The van der Waals surface area contributed by atoms with Crippen LogP contribution >= 0.6 is 0 Å². The Kier molecular flexibility index (Phi) is 17.7. The monoisotopic (exact) mass is 912 g/mol. The summed E-state index contributed by atoms with van der Waals surface area (Å²) in [5, 5.41) is 25.7. The maximum atomic E-state index is 12.4. The molecule has 10 aromatic rings. The number of carboxylic acids is 2. The fourth-order valence-corrected chi connectivity index (χ4v) is 8.01. The van der Waals surface area contributed by atoms with Gasteiger partial charge in [-0.05, 0) is 33.4 Å². The summed E-state index contributed by atoms with van der Waals surface area (Å²) in [5.41, 5.74) is 2.09. The second-order valence-electron chi connectivity index (χ2n) is 15.6. The van der Waals surface area contributed by atoms with Gasteiger partial charge in [0.2, 0.25) is 0 Å². The van der Waals surface area contributed by atoms with Crippen LogP contribution in [-0.4, -0.2) is 28.3 Å². The average Bonchev–Trinajstić information content (AvgIpc) is 4.05. The van der Waals surface area contributed by atoms with Gasteiger partial charge in [0.25, 0.3) is 0 Å². The van der Waals surface area contributed by atoms with Gasteiger partial charge in [0.15, 0.2) is 0 Å². The summed E-state index contributed by atoms with van der Waals surface area (Å²) in [4.78, 5) is 24.8. The molecule has 0 aliphatic rings. The number of hydrogen-bond donors (Lipinski definition) is 2. The molecular formula is C60H52O4SiTi. The minimum Gasteiger partial charge on any atom is -0.480 e. The Bertz CT molecular complexity index is 2540. The van der Waals surface area contributed by atoms with E-state index in [0.29, 0.717) is 0 Å². The Labute approximate surface area is 400 Å². The normalized spacial score (nSPS) is 10.6. The van der Waals surface area contributed by atoms with Gasteiger partial charge < -0.3 is 10.2 Å². The summed E-state index contributed by atoms with van der Waals surface area (Å²) in [6, 6.07) is 85.6. The van der Waals surface area contributed by atoms with Crippen molar-refractivity contribution in [1.82, 2.24) is 0 Å². The van der Waals surface area contributed by atoms with Crippen molar-refractivity contribution < 1.29 is 39.0 Å². The van der Waals surface area contributed by atoms with E-state index in [1.165, 1.54) is 21.5 Å². The SMILES string of the molecule is C[Si](C)=[Ti+2].O=C(O)C(c1ccccc1)(c1ccccc1)c1ccccc1.O=C(O)C(c1ccccc1)(c1ccccc1)c1ccccc1.c1ccc2[cH-]ccc2c1.c1ccc2[cH-]ccc2c1. The van der Waals surface area contributed by atoms with Crippen LogP contribution in [0.15, 0.2) is 267 Å². The van der Waals surface area contributed by atoms with E-state index < -0.39 is 22.8 Å². The number of aliphatic carboxylic acids is 2. The molecular weight excluding hydrogens is 861 g/mol. The molecule has 6 heteroatoms. The zero-order chi connectivity index (χ0) is 46.6. The molecule has 10 aromatic carbocycles. The summed E-state index contributed by atoms with van der Waals surface area (Å²) in [5.74, 6) is -1.76. The summed E-state index contributed by atoms with van der Waals surface area (Å²) in [6.45, 7) is 4.54. The molecule has 0 aromatic heterocycles. The quantitative estimate of drug-likeness (QED) is 0.0905. The second-order valence-corrected chi connectivity index (χ2v) is 22.3. The van der Waals surface area contributed by atoms with Crippen LogP contribution < -0.4 is 0 Å². The molecule has 2 N–H and O–H groups in total. The van der Waals surface area contributed by atoms with Crippen LogP contribution in [0, 0.1) is 0 Å². The van der Waals surface area contributed by atoms with Gasteiger partial charge in [-0.2, -0.15) is 35.0 Å². The Morgan fingerprint density at radius 1 is 0.364 bits per heavy atom. The Morgan fingerprint density at radius 3 is 0.758 bits per heavy atom. The molecule has 0 saturated heterocycles. The minimum absolute atomic E-state index is 0.120. The number of hydrogen-bond acceptors (Lipinski definition) is 2. The fourth-order valence-electron chi connectivity index (χ4n) is 8.01. The number of fused-ring (bicyclic) bond motifs is 2. The molecule has 0 radical (unpaired) electrons. The van der Waals surface area contributed by atoms with Crippen molar-refractivity contribution in [3.05, 3.63) is 300 Å². The molecule has 0 atom stereocenters. The van der Waals surface area contributed by atoms with Crippen molar-refractivity contribution in [1.29, 1.82) is 0 Å². The van der Waals surface area contributed by atoms with Gasteiger partial charge >= 0.3 is 50.4 Å². The number of carboxylic acid groups (broad SMARTS) is 2. The Morgan fingerprint density at radius 2 is 0.561 bits per heavy atom. The van der Waals surface area contributed by atoms with Crippen molar-refractivity contribution in [3.63, 3.8) is 0 Å². The van der Waals surface area contributed by atoms with Crippen molar-refractivity contribution >= 4 is 39.7 Å². The van der Waals surface area contributed by atoms with E-state index in [0.717, 1.165) is 33.4 Å². The average molecular weight is 913 g/mol. The maximum absolute atomic E-state index is 12.4. The molecule has 4 nitrogen and oxygen atoms in total. The van der Waals surface area contributed by atoms with Gasteiger partial charge in [-0.25, -0.2) is 0 Å². The van der Waals surface area contributed by atoms with Crippen LogP contribution in [0.2, 0.25) is 13.1 Å². The van der Waals surface area contributed by atoms with E-state index in [-0.39, 0.29) is 6.19 Å². The Hall–Kier alpha value is -7.15. The van der Waals surface area contributed by atoms with E-state index in [9.17, 15) is 19.8 Å². The molecule has 10 rings (SSSR count). The van der Waals surface area contributed by atoms with E-state index in [4.69, 9.17) is 0 Å². The minimum atomic E-state index is -1.20. The first-order valence-corrected chi connectivity index (χ1v) is 26.6. The van der Waals surface area contributed by atoms with E-state index in [1.54, 1.807) is 0 Å². The predicted molar refractivity (Wildman–Crippen MR) is 270 cm³/mol. The van der Waals surface area contributed by atoms with Crippen LogP contribution in [0.5, 0.6) is 0 Å². The third kappa shape index (κ3) is 11.8. The van der Waals surface area contributed by atoms with Gasteiger partial charge in [-0.1, -0.05) is 194 Å². The first-order chi connectivity index (χ1) is 32.2. The van der Waals surface area contributed by atoms with Gasteiger partial charge in [-0.3, -0.25) is 9.59 Å². The number of carbonyl (C=O) groups is 2. The van der Waals surface area contributed by atoms with E-state index in [2.05, 4.69) is 117 Å². The van der Waals surface area contributed by atoms with E-state index >= 15 is 0 Å². The van der Waals surface area contributed by atoms with Crippen LogP contribution in [0.3, 0.4) is 0 Å². The summed E-state index contributed by atoms with van der Waals surface area (Å²) in [7, 11) is 0. The first kappa shape index (κ1) is 48.3. The molecule has 324 valence electrons. The molecule has 0 aliphatic heterocycles. The summed E-state index contributed by atoms with van der Waals surface area (Å²) >= 11 is 2.27. The Balaban J connectivity index is 0.000000151. The zero-order valence-electron chi connectivity index (χ0n) is 37.1. The number of rotatable bonds is 8. The summed E-state index contributed by atoms with van der Waals surface area (Å²) in [6.07, 6.45) is 0.120. The number of benzene rings is 8. The third-order valence-corrected chi connectivity index (χ3v) is 11.0. The molecule has 0 aliphatic carbocycles. The van der Waals surface area contributed by atoms with Gasteiger partial charge in [-0.15, -0.1) is 59.3 Å². The van der Waals surface area contributed by atoms with Crippen molar-refractivity contribution in [2.24, 2.45) is 0 Å². The molecule has 0 unspecified atom stereocenters. The van der Waals surface area contributed by atoms with E-state index in [1.807, 2.05) is 182 Å². The largest absolute Gasteiger partial charge is 0.480 e. The molecule has 0 fully saturated rings.